The summed E-state index contributed by atoms with van der Waals surface area (Å²) in [6.45, 7) is 3.67. The lowest BCUT2D eigenvalue weighted by atomic mass is 10.2. The topological polar surface area (TPSA) is 43.4 Å². The summed E-state index contributed by atoms with van der Waals surface area (Å²) in [5.74, 6) is 0.218. The zero-order valence-electron chi connectivity index (χ0n) is 12.3. The fourth-order valence-electron chi connectivity index (χ4n) is 2.23. The van der Waals surface area contributed by atoms with Gasteiger partial charge in [-0.3, -0.25) is 4.79 Å². The molecule has 0 spiro atoms. The molecule has 0 saturated heterocycles. The third kappa shape index (κ3) is 3.46. The molecule has 0 unspecified atom stereocenters. The van der Waals surface area contributed by atoms with Gasteiger partial charge in [0.2, 0.25) is 0 Å². The first-order chi connectivity index (χ1) is 11.2. The molecule has 116 valence electrons. The van der Waals surface area contributed by atoms with E-state index in [2.05, 4.69) is 6.58 Å². The van der Waals surface area contributed by atoms with E-state index in [1.54, 1.807) is 23.1 Å². The van der Waals surface area contributed by atoms with Crippen LogP contribution in [0.1, 0.15) is 0 Å². The molecule has 1 heterocycles. The van der Waals surface area contributed by atoms with Crippen molar-refractivity contribution < 1.29 is 9.53 Å². The van der Waals surface area contributed by atoms with E-state index in [9.17, 15) is 9.59 Å². The summed E-state index contributed by atoms with van der Waals surface area (Å²) in [4.78, 5) is 24.6. The number of thioether (sulfide) groups is 1. The Kier molecular flexibility index (Phi) is 4.79. The molecule has 0 fully saturated rings. The fraction of sp³-hybridized carbons (Fsp3) is 0.111. The van der Waals surface area contributed by atoms with E-state index in [-0.39, 0.29) is 5.43 Å². The molecule has 0 bridgehead atoms. The molecular formula is C18H14O3S2. The van der Waals surface area contributed by atoms with Gasteiger partial charge in [0.15, 0.2) is 5.43 Å². The number of ether oxygens (including phenoxy) is 1. The van der Waals surface area contributed by atoms with Crippen LogP contribution < -0.4 is 5.43 Å². The molecule has 0 radical (unpaired) electrons. The van der Waals surface area contributed by atoms with Gasteiger partial charge in [0, 0.05) is 36.9 Å². The van der Waals surface area contributed by atoms with E-state index in [1.807, 2.05) is 42.5 Å². The second-order valence-corrected chi connectivity index (χ2v) is 7.06. The van der Waals surface area contributed by atoms with Gasteiger partial charge < -0.3 is 4.74 Å². The van der Waals surface area contributed by atoms with Gasteiger partial charge in [-0.15, -0.1) is 23.1 Å². The summed E-state index contributed by atoms with van der Waals surface area (Å²) in [5, 5.41) is 1.49. The van der Waals surface area contributed by atoms with Crippen LogP contribution in [0.3, 0.4) is 0 Å². The normalized spacial score (nSPS) is 10.8. The minimum atomic E-state index is -0.417. The number of esters is 1. The van der Waals surface area contributed by atoms with Crippen LogP contribution in [-0.4, -0.2) is 18.3 Å². The molecule has 0 amide bonds. The van der Waals surface area contributed by atoms with Gasteiger partial charge in [0.1, 0.15) is 6.61 Å². The predicted molar refractivity (Wildman–Crippen MR) is 97.5 cm³/mol. The molecule has 0 aliphatic rings. The highest BCUT2D eigenvalue weighted by molar-refractivity contribution is 7.99. The molecule has 1 aromatic heterocycles. The standard InChI is InChI=1S/C18H14O3S2/c1-2-17(19)21-9-10-22-12-7-8-16-14(11-12)18(20)13-5-3-4-6-15(13)23-16/h2-8,11H,1,9-10H2. The highest BCUT2D eigenvalue weighted by atomic mass is 32.2. The number of rotatable bonds is 5. The zero-order chi connectivity index (χ0) is 16.2. The quantitative estimate of drug-likeness (QED) is 0.229. The molecule has 0 N–H and O–H groups in total. The van der Waals surface area contributed by atoms with Crippen molar-refractivity contribution in [1.82, 2.24) is 0 Å². The van der Waals surface area contributed by atoms with E-state index in [4.69, 9.17) is 4.74 Å². The maximum Gasteiger partial charge on any atom is 0.330 e. The molecule has 23 heavy (non-hydrogen) atoms. The zero-order valence-corrected chi connectivity index (χ0v) is 13.9. The molecule has 0 aliphatic heterocycles. The summed E-state index contributed by atoms with van der Waals surface area (Å²) in [6, 6.07) is 13.5. The van der Waals surface area contributed by atoms with Crippen molar-refractivity contribution in [3.8, 4) is 0 Å². The minimum Gasteiger partial charge on any atom is -0.462 e. The molecule has 3 rings (SSSR count). The van der Waals surface area contributed by atoms with Gasteiger partial charge in [-0.2, -0.15) is 0 Å². The highest BCUT2D eigenvalue weighted by Crippen LogP contribution is 2.28. The summed E-state index contributed by atoms with van der Waals surface area (Å²) in [6.07, 6.45) is 1.15. The van der Waals surface area contributed by atoms with Crippen LogP contribution in [0.4, 0.5) is 0 Å². The van der Waals surface area contributed by atoms with Crippen LogP contribution in [0.2, 0.25) is 0 Å². The Hall–Kier alpha value is -2.11. The lowest BCUT2D eigenvalue weighted by Gasteiger charge is -2.05. The third-order valence-corrected chi connectivity index (χ3v) is 5.42. The van der Waals surface area contributed by atoms with E-state index >= 15 is 0 Å². The van der Waals surface area contributed by atoms with Crippen molar-refractivity contribution in [3.63, 3.8) is 0 Å². The monoisotopic (exact) mass is 342 g/mol. The van der Waals surface area contributed by atoms with Crippen LogP contribution in [0.25, 0.3) is 20.2 Å². The van der Waals surface area contributed by atoms with Crippen LogP contribution in [0.15, 0.2) is 64.8 Å². The van der Waals surface area contributed by atoms with Crippen molar-refractivity contribution >= 4 is 49.2 Å². The lowest BCUT2D eigenvalue weighted by molar-refractivity contribution is -0.137. The Morgan fingerprint density at radius 3 is 2.78 bits per heavy atom. The summed E-state index contributed by atoms with van der Waals surface area (Å²) in [7, 11) is 0. The SMILES string of the molecule is C=CC(=O)OCCSc1ccc2sc3ccccc3c(=O)c2c1. The number of hydrogen-bond acceptors (Lipinski definition) is 5. The molecular weight excluding hydrogens is 328 g/mol. The largest absolute Gasteiger partial charge is 0.462 e. The smallest absolute Gasteiger partial charge is 0.330 e. The van der Waals surface area contributed by atoms with Crippen molar-refractivity contribution in [3.05, 3.63) is 65.3 Å². The Morgan fingerprint density at radius 2 is 1.96 bits per heavy atom. The number of carbonyl (C=O) groups is 1. The molecule has 0 aliphatic carbocycles. The van der Waals surface area contributed by atoms with Crippen molar-refractivity contribution in [2.45, 2.75) is 4.90 Å². The third-order valence-electron chi connectivity index (χ3n) is 3.31. The molecule has 2 aromatic carbocycles. The van der Waals surface area contributed by atoms with Gasteiger partial charge >= 0.3 is 5.97 Å². The maximum absolute atomic E-state index is 12.6. The Morgan fingerprint density at radius 1 is 1.17 bits per heavy atom. The highest BCUT2D eigenvalue weighted by Gasteiger charge is 2.07. The minimum absolute atomic E-state index is 0.0647. The Labute approximate surface area is 141 Å². The van der Waals surface area contributed by atoms with E-state index < -0.39 is 5.97 Å². The van der Waals surface area contributed by atoms with E-state index in [0.717, 1.165) is 31.1 Å². The molecule has 0 saturated carbocycles. The van der Waals surface area contributed by atoms with Crippen LogP contribution in [0.5, 0.6) is 0 Å². The molecule has 3 aromatic rings. The van der Waals surface area contributed by atoms with Gasteiger partial charge in [0.25, 0.3) is 0 Å². The second-order valence-electron chi connectivity index (χ2n) is 4.81. The number of benzene rings is 2. The van der Waals surface area contributed by atoms with Gasteiger partial charge in [-0.1, -0.05) is 18.7 Å². The summed E-state index contributed by atoms with van der Waals surface area (Å²) in [5.41, 5.74) is 0.0647. The van der Waals surface area contributed by atoms with E-state index in [0.29, 0.717) is 12.4 Å². The molecule has 5 heteroatoms. The van der Waals surface area contributed by atoms with Gasteiger partial charge in [-0.25, -0.2) is 4.79 Å². The fourth-order valence-corrected chi connectivity index (χ4v) is 4.05. The average Bonchev–Trinajstić information content (AvgIpc) is 2.59. The Balaban J connectivity index is 1.85. The average molecular weight is 342 g/mol. The second kappa shape index (κ2) is 6.98. The van der Waals surface area contributed by atoms with Crippen LogP contribution >= 0.6 is 23.1 Å². The first-order valence-corrected chi connectivity index (χ1v) is 8.87. The predicted octanol–water partition coefficient (Wildman–Crippen LogP) is 4.24. The van der Waals surface area contributed by atoms with Crippen molar-refractivity contribution in [2.24, 2.45) is 0 Å². The summed E-state index contributed by atoms with van der Waals surface area (Å²) < 4.78 is 6.93. The molecule has 0 atom stereocenters. The number of fused-ring (bicyclic) bond motifs is 2. The lowest BCUT2D eigenvalue weighted by Crippen LogP contribution is -2.03. The first-order valence-electron chi connectivity index (χ1n) is 7.06. The van der Waals surface area contributed by atoms with Crippen molar-refractivity contribution in [1.29, 1.82) is 0 Å². The first kappa shape index (κ1) is 15.8. The Bertz CT molecular complexity index is 944. The maximum atomic E-state index is 12.6. The van der Waals surface area contributed by atoms with Crippen LogP contribution in [0, 0.1) is 0 Å². The number of carbonyl (C=O) groups excluding carboxylic acids is 1. The van der Waals surface area contributed by atoms with Gasteiger partial charge in [-0.05, 0) is 30.3 Å². The van der Waals surface area contributed by atoms with Gasteiger partial charge in [0.05, 0.1) is 0 Å². The van der Waals surface area contributed by atoms with E-state index in [1.165, 1.54) is 0 Å². The summed E-state index contributed by atoms with van der Waals surface area (Å²) >= 11 is 3.18. The van der Waals surface area contributed by atoms with Crippen LogP contribution in [-0.2, 0) is 9.53 Å². The van der Waals surface area contributed by atoms with Crippen molar-refractivity contribution in [2.75, 3.05) is 12.4 Å². The molecule has 3 nitrogen and oxygen atoms in total. The number of hydrogen-bond donors (Lipinski definition) is 0.